The van der Waals surface area contributed by atoms with Gasteiger partial charge in [0.25, 0.3) is 0 Å². The molecule has 0 unspecified atom stereocenters. The van der Waals surface area contributed by atoms with Crippen molar-refractivity contribution in [1.82, 2.24) is 9.97 Å². The first-order valence-electron chi connectivity index (χ1n) is 6.33. The Kier molecular flexibility index (Phi) is 2.97. The molecule has 3 rings (SSSR count). The second kappa shape index (κ2) is 4.77. The fraction of sp³-hybridized carbons (Fsp3) is 0.333. The Hall–Kier alpha value is -1.90. The highest BCUT2D eigenvalue weighted by Gasteiger charge is 2.27. The van der Waals surface area contributed by atoms with E-state index in [4.69, 9.17) is 4.74 Å². The molecular weight excluding hydrogens is 224 g/mol. The molecule has 1 heterocycles. The molecule has 1 fully saturated rings. The minimum atomic E-state index is 0.558. The molecule has 18 heavy (non-hydrogen) atoms. The van der Waals surface area contributed by atoms with Gasteiger partial charge in [-0.05, 0) is 25.3 Å². The fourth-order valence-electron chi connectivity index (χ4n) is 2.09. The van der Waals surface area contributed by atoms with Crippen LogP contribution >= 0.6 is 0 Å². The Balaban J connectivity index is 1.74. The molecule has 3 heteroatoms. The topological polar surface area (TPSA) is 35.0 Å². The molecule has 0 atom stereocenters. The van der Waals surface area contributed by atoms with Crippen molar-refractivity contribution >= 4 is 0 Å². The number of benzene rings is 1. The van der Waals surface area contributed by atoms with Gasteiger partial charge < -0.3 is 4.74 Å². The monoisotopic (exact) mass is 240 g/mol. The van der Waals surface area contributed by atoms with Crippen molar-refractivity contribution in [3.63, 3.8) is 0 Å². The molecule has 0 amide bonds. The molecular formula is C15H16N2O. The van der Waals surface area contributed by atoms with Crippen LogP contribution in [-0.2, 0) is 6.61 Å². The molecule has 0 N–H and O–H groups in total. The van der Waals surface area contributed by atoms with Crippen LogP contribution in [0.4, 0.5) is 0 Å². The number of hydrogen-bond acceptors (Lipinski definition) is 3. The Bertz CT molecular complexity index is 535. The van der Waals surface area contributed by atoms with E-state index in [1.54, 1.807) is 6.33 Å². The van der Waals surface area contributed by atoms with Gasteiger partial charge >= 0.3 is 0 Å². The minimum absolute atomic E-state index is 0.558. The quantitative estimate of drug-likeness (QED) is 0.823. The summed E-state index contributed by atoms with van der Waals surface area (Å²) in [6, 6.07) is 10.1. The molecule has 1 aromatic heterocycles. The van der Waals surface area contributed by atoms with Gasteiger partial charge in [0, 0.05) is 11.5 Å². The van der Waals surface area contributed by atoms with Crippen LogP contribution in [0.15, 0.2) is 36.7 Å². The predicted molar refractivity (Wildman–Crippen MR) is 69.5 cm³/mol. The van der Waals surface area contributed by atoms with Gasteiger partial charge in [-0.3, -0.25) is 0 Å². The molecule has 0 saturated heterocycles. The summed E-state index contributed by atoms with van der Waals surface area (Å²) in [6.07, 6.45) is 4.10. The van der Waals surface area contributed by atoms with Crippen molar-refractivity contribution in [2.45, 2.75) is 32.3 Å². The Morgan fingerprint density at radius 1 is 1.17 bits per heavy atom. The molecule has 0 aliphatic heterocycles. The van der Waals surface area contributed by atoms with E-state index in [0.717, 1.165) is 22.7 Å². The standard InChI is InChI=1S/C15H16N2O/c1-11-14(13-7-8-13)16-10-17-15(11)18-9-12-5-3-2-4-6-12/h2-6,10,13H,7-9H2,1H3. The van der Waals surface area contributed by atoms with Crippen LogP contribution < -0.4 is 4.74 Å². The van der Waals surface area contributed by atoms with Crippen LogP contribution in [0.3, 0.4) is 0 Å². The van der Waals surface area contributed by atoms with Crippen LogP contribution in [0.5, 0.6) is 5.88 Å². The summed E-state index contributed by atoms with van der Waals surface area (Å²) in [5, 5.41) is 0. The van der Waals surface area contributed by atoms with Gasteiger partial charge in [-0.25, -0.2) is 9.97 Å². The third-order valence-corrected chi connectivity index (χ3v) is 3.26. The van der Waals surface area contributed by atoms with Crippen LogP contribution in [0, 0.1) is 6.92 Å². The number of ether oxygens (including phenoxy) is 1. The molecule has 2 aromatic rings. The smallest absolute Gasteiger partial charge is 0.219 e. The van der Waals surface area contributed by atoms with E-state index in [0.29, 0.717) is 12.5 Å². The van der Waals surface area contributed by atoms with Crippen LogP contribution in [0.25, 0.3) is 0 Å². The second-order valence-electron chi connectivity index (χ2n) is 4.74. The molecule has 92 valence electrons. The van der Waals surface area contributed by atoms with E-state index < -0.39 is 0 Å². The molecule has 1 aromatic carbocycles. The molecule has 0 radical (unpaired) electrons. The molecule has 1 saturated carbocycles. The lowest BCUT2D eigenvalue weighted by Gasteiger charge is -2.10. The van der Waals surface area contributed by atoms with Crippen molar-refractivity contribution in [2.75, 3.05) is 0 Å². The van der Waals surface area contributed by atoms with Gasteiger partial charge in [0.05, 0.1) is 5.69 Å². The van der Waals surface area contributed by atoms with E-state index >= 15 is 0 Å². The van der Waals surface area contributed by atoms with Crippen molar-refractivity contribution in [3.05, 3.63) is 53.5 Å². The lowest BCUT2D eigenvalue weighted by molar-refractivity contribution is 0.290. The number of nitrogens with zero attached hydrogens (tertiary/aromatic N) is 2. The summed E-state index contributed by atoms with van der Waals surface area (Å²) in [5.41, 5.74) is 3.41. The number of hydrogen-bond donors (Lipinski definition) is 0. The third kappa shape index (κ3) is 2.35. The van der Waals surface area contributed by atoms with Crippen molar-refractivity contribution in [2.24, 2.45) is 0 Å². The van der Waals surface area contributed by atoms with Gasteiger partial charge in [0.2, 0.25) is 5.88 Å². The zero-order valence-electron chi connectivity index (χ0n) is 10.5. The summed E-state index contributed by atoms with van der Waals surface area (Å²) in [5.74, 6) is 1.35. The summed E-state index contributed by atoms with van der Waals surface area (Å²) in [6.45, 7) is 2.61. The predicted octanol–water partition coefficient (Wildman–Crippen LogP) is 3.24. The summed E-state index contributed by atoms with van der Waals surface area (Å²) in [4.78, 5) is 8.60. The maximum atomic E-state index is 5.79. The van der Waals surface area contributed by atoms with E-state index in [-0.39, 0.29) is 0 Å². The van der Waals surface area contributed by atoms with Gasteiger partial charge in [-0.1, -0.05) is 30.3 Å². The lowest BCUT2D eigenvalue weighted by Crippen LogP contribution is -2.02. The van der Waals surface area contributed by atoms with Crippen molar-refractivity contribution < 1.29 is 4.74 Å². The summed E-state index contributed by atoms with van der Waals surface area (Å²) >= 11 is 0. The van der Waals surface area contributed by atoms with Crippen LogP contribution in [-0.4, -0.2) is 9.97 Å². The normalized spacial score (nSPS) is 14.5. The Morgan fingerprint density at radius 2 is 1.94 bits per heavy atom. The highest BCUT2D eigenvalue weighted by molar-refractivity contribution is 5.32. The third-order valence-electron chi connectivity index (χ3n) is 3.26. The first kappa shape index (κ1) is 11.2. The largest absolute Gasteiger partial charge is 0.473 e. The summed E-state index contributed by atoms with van der Waals surface area (Å²) in [7, 11) is 0. The fourth-order valence-corrected chi connectivity index (χ4v) is 2.09. The van der Waals surface area contributed by atoms with Crippen molar-refractivity contribution in [1.29, 1.82) is 0 Å². The van der Waals surface area contributed by atoms with Crippen LogP contribution in [0.2, 0.25) is 0 Å². The Labute approximate surface area is 107 Å². The molecule has 1 aliphatic rings. The van der Waals surface area contributed by atoms with Gasteiger partial charge in [0.15, 0.2) is 0 Å². The SMILES string of the molecule is Cc1c(OCc2ccccc2)ncnc1C1CC1. The second-order valence-corrected chi connectivity index (χ2v) is 4.74. The van der Waals surface area contributed by atoms with E-state index in [1.165, 1.54) is 12.8 Å². The minimum Gasteiger partial charge on any atom is -0.473 e. The Morgan fingerprint density at radius 3 is 2.67 bits per heavy atom. The molecule has 3 nitrogen and oxygen atoms in total. The zero-order chi connectivity index (χ0) is 12.4. The van der Waals surface area contributed by atoms with E-state index in [1.807, 2.05) is 25.1 Å². The highest BCUT2D eigenvalue weighted by atomic mass is 16.5. The van der Waals surface area contributed by atoms with E-state index in [2.05, 4.69) is 22.1 Å². The van der Waals surface area contributed by atoms with E-state index in [9.17, 15) is 0 Å². The van der Waals surface area contributed by atoms with Gasteiger partial charge in [-0.15, -0.1) is 0 Å². The lowest BCUT2D eigenvalue weighted by atomic mass is 10.2. The summed E-state index contributed by atoms with van der Waals surface area (Å²) < 4.78 is 5.79. The van der Waals surface area contributed by atoms with Crippen LogP contribution in [0.1, 0.15) is 35.6 Å². The highest BCUT2D eigenvalue weighted by Crippen LogP contribution is 2.41. The molecule has 0 bridgehead atoms. The number of aromatic nitrogens is 2. The zero-order valence-corrected chi connectivity index (χ0v) is 10.5. The van der Waals surface area contributed by atoms with Gasteiger partial charge in [-0.2, -0.15) is 0 Å². The first-order chi connectivity index (χ1) is 8.84. The van der Waals surface area contributed by atoms with Gasteiger partial charge in [0.1, 0.15) is 12.9 Å². The number of rotatable bonds is 4. The average Bonchev–Trinajstić information content (AvgIpc) is 3.23. The molecule has 0 spiro atoms. The maximum absolute atomic E-state index is 5.79. The average molecular weight is 240 g/mol. The first-order valence-corrected chi connectivity index (χ1v) is 6.33. The molecule has 1 aliphatic carbocycles. The maximum Gasteiger partial charge on any atom is 0.219 e. The van der Waals surface area contributed by atoms with Crippen molar-refractivity contribution in [3.8, 4) is 5.88 Å².